The summed E-state index contributed by atoms with van der Waals surface area (Å²) in [6, 6.07) is 15.1. The molecule has 2 aromatic carbocycles. The Morgan fingerprint density at radius 2 is 2.00 bits per heavy atom. The van der Waals surface area contributed by atoms with Gasteiger partial charge in [-0.05, 0) is 41.7 Å². The number of ether oxygens (including phenoxy) is 1. The zero-order chi connectivity index (χ0) is 27.2. The van der Waals surface area contributed by atoms with E-state index in [1.54, 1.807) is 13.2 Å². The Balaban J connectivity index is 1.44. The number of amides is 3. The standard InChI is InChI=1S/C29H31N5O4/c1-28(2,3)14-23(32-25(35)22-12-18-20(31-22)10-7-11-24(18)38-4)26(36)34-16-29(13-17(34)15-30)19-8-5-6-9-21(19)33-27(29)37/h5-12,17,23,31H,13-14,16H2,1-4H3,(H,32,35)(H,33,37)/t17-,23+,29-/m0/s1. The highest BCUT2D eigenvalue weighted by Gasteiger charge is 2.56. The molecule has 196 valence electrons. The second kappa shape index (κ2) is 9.21. The van der Waals surface area contributed by atoms with Crippen LogP contribution in [-0.4, -0.2) is 53.3 Å². The molecule has 3 heterocycles. The molecule has 3 atom stereocenters. The van der Waals surface area contributed by atoms with E-state index < -0.39 is 23.4 Å². The number of rotatable bonds is 5. The minimum Gasteiger partial charge on any atom is -0.496 e. The molecule has 0 unspecified atom stereocenters. The van der Waals surface area contributed by atoms with Crippen molar-refractivity contribution in [2.24, 2.45) is 5.41 Å². The molecule has 9 nitrogen and oxygen atoms in total. The lowest BCUT2D eigenvalue weighted by atomic mass is 9.80. The molecule has 2 aliphatic rings. The van der Waals surface area contributed by atoms with Crippen molar-refractivity contribution in [3.8, 4) is 11.8 Å². The first-order chi connectivity index (χ1) is 18.1. The molecule has 9 heteroatoms. The van der Waals surface area contributed by atoms with E-state index in [1.807, 2.05) is 63.2 Å². The highest BCUT2D eigenvalue weighted by atomic mass is 16.5. The van der Waals surface area contributed by atoms with Gasteiger partial charge in [-0.25, -0.2) is 0 Å². The molecule has 38 heavy (non-hydrogen) atoms. The first-order valence-electron chi connectivity index (χ1n) is 12.6. The van der Waals surface area contributed by atoms with Crippen LogP contribution in [0.2, 0.25) is 0 Å². The molecule has 1 fully saturated rings. The van der Waals surface area contributed by atoms with E-state index in [0.717, 1.165) is 16.5 Å². The first kappa shape index (κ1) is 25.3. The minimum absolute atomic E-state index is 0.0764. The molecule has 0 saturated carbocycles. The molecule has 1 spiro atoms. The minimum atomic E-state index is -0.989. The first-order valence-corrected chi connectivity index (χ1v) is 12.6. The van der Waals surface area contributed by atoms with Gasteiger partial charge in [-0.3, -0.25) is 14.4 Å². The summed E-state index contributed by atoms with van der Waals surface area (Å²) < 4.78 is 5.40. The van der Waals surface area contributed by atoms with Gasteiger partial charge in [0, 0.05) is 29.6 Å². The number of H-pyrrole nitrogens is 1. The fourth-order valence-electron chi connectivity index (χ4n) is 5.66. The topological polar surface area (TPSA) is 127 Å². The van der Waals surface area contributed by atoms with Crippen molar-refractivity contribution < 1.29 is 19.1 Å². The summed E-state index contributed by atoms with van der Waals surface area (Å²) in [5.41, 5.74) is 1.26. The SMILES string of the molecule is COc1cccc2[nH]c(C(=O)N[C@H](CC(C)(C)C)C(=O)N3C[C@]4(C[C@H]3C#N)C(=O)Nc3ccccc34)cc12. The van der Waals surface area contributed by atoms with E-state index in [0.29, 0.717) is 23.6 Å². The third kappa shape index (κ3) is 4.26. The van der Waals surface area contributed by atoms with Crippen LogP contribution in [0.3, 0.4) is 0 Å². The van der Waals surface area contributed by atoms with E-state index in [9.17, 15) is 19.6 Å². The number of benzene rings is 2. The number of nitrogens with one attached hydrogen (secondary N) is 3. The molecule has 0 bridgehead atoms. The van der Waals surface area contributed by atoms with Crippen molar-refractivity contribution in [3.63, 3.8) is 0 Å². The molecular formula is C29H31N5O4. The number of nitriles is 1. The van der Waals surface area contributed by atoms with Gasteiger partial charge in [0.25, 0.3) is 5.91 Å². The Morgan fingerprint density at radius 1 is 1.24 bits per heavy atom. The number of nitrogens with zero attached hydrogens (tertiary/aromatic N) is 2. The summed E-state index contributed by atoms with van der Waals surface area (Å²) in [6.45, 7) is 6.04. The number of likely N-dealkylation sites (tertiary alicyclic amines) is 1. The predicted octanol–water partition coefficient (Wildman–Crippen LogP) is 3.73. The van der Waals surface area contributed by atoms with Crippen molar-refractivity contribution >= 4 is 34.3 Å². The molecule has 5 rings (SSSR count). The monoisotopic (exact) mass is 513 g/mol. The average Bonchev–Trinajstić information content (AvgIpc) is 3.57. The summed E-state index contributed by atoms with van der Waals surface area (Å²) in [5.74, 6) is -0.382. The van der Waals surface area contributed by atoms with Gasteiger partial charge >= 0.3 is 0 Å². The maximum Gasteiger partial charge on any atom is 0.268 e. The number of hydrogen-bond acceptors (Lipinski definition) is 5. The van der Waals surface area contributed by atoms with Crippen LogP contribution < -0.4 is 15.4 Å². The predicted molar refractivity (Wildman–Crippen MR) is 143 cm³/mol. The van der Waals surface area contributed by atoms with Crippen molar-refractivity contribution in [1.82, 2.24) is 15.2 Å². The molecule has 3 aromatic rings. The van der Waals surface area contributed by atoms with E-state index in [4.69, 9.17) is 4.74 Å². The maximum atomic E-state index is 14.0. The zero-order valence-electron chi connectivity index (χ0n) is 21.9. The maximum absolute atomic E-state index is 14.0. The molecule has 3 N–H and O–H groups in total. The Hall–Kier alpha value is -4.32. The van der Waals surface area contributed by atoms with E-state index in [1.165, 1.54) is 4.90 Å². The van der Waals surface area contributed by atoms with Gasteiger partial charge in [0.1, 0.15) is 23.5 Å². The van der Waals surface area contributed by atoms with Crippen molar-refractivity contribution in [2.45, 2.75) is 51.1 Å². The Bertz CT molecular complexity index is 1480. The van der Waals surface area contributed by atoms with Crippen LogP contribution in [0.25, 0.3) is 10.9 Å². The van der Waals surface area contributed by atoms with Gasteiger partial charge in [0.2, 0.25) is 11.8 Å². The number of carbonyl (C=O) groups excluding carboxylic acids is 3. The molecule has 0 aliphatic carbocycles. The third-order valence-electron chi connectivity index (χ3n) is 7.42. The Kier molecular flexibility index (Phi) is 6.14. The second-order valence-corrected chi connectivity index (χ2v) is 11.3. The third-order valence-corrected chi connectivity index (χ3v) is 7.42. The molecule has 2 aliphatic heterocycles. The highest BCUT2D eigenvalue weighted by molar-refractivity contribution is 6.07. The van der Waals surface area contributed by atoms with Crippen molar-refractivity contribution in [1.29, 1.82) is 5.26 Å². The normalized spacial score (nSPS) is 21.2. The summed E-state index contributed by atoms with van der Waals surface area (Å²) in [6.07, 6.45) is 0.557. The number of anilines is 1. The number of carbonyl (C=O) groups is 3. The molecule has 3 amide bonds. The zero-order valence-corrected chi connectivity index (χ0v) is 21.9. The summed E-state index contributed by atoms with van der Waals surface area (Å²) in [5, 5.41) is 16.6. The number of hydrogen-bond donors (Lipinski definition) is 3. The lowest BCUT2D eigenvalue weighted by molar-refractivity contribution is -0.134. The van der Waals surface area contributed by atoms with Crippen LogP contribution in [0.15, 0.2) is 48.5 Å². The van der Waals surface area contributed by atoms with Crippen LogP contribution in [0.4, 0.5) is 5.69 Å². The lowest BCUT2D eigenvalue weighted by Gasteiger charge is -2.31. The van der Waals surface area contributed by atoms with E-state index in [2.05, 4.69) is 21.7 Å². The van der Waals surface area contributed by atoms with Gasteiger partial charge < -0.3 is 25.3 Å². The summed E-state index contributed by atoms with van der Waals surface area (Å²) >= 11 is 0. The van der Waals surface area contributed by atoms with E-state index in [-0.39, 0.29) is 30.2 Å². The second-order valence-electron chi connectivity index (χ2n) is 11.3. The lowest BCUT2D eigenvalue weighted by Crippen LogP contribution is -2.52. The molecule has 1 saturated heterocycles. The quantitative estimate of drug-likeness (QED) is 0.479. The number of methoxy groups -OCH3 is 1. The van der Waals surface area contributed by atoms with Gasteiger partial charge in [-0.15, -0.1) is 0 Å². The fourth-order valence-corrected chi connectivity index (χ4v) is 5.66. The molecule has 0 radical (unpaired) electrons. The van der Waals surface area contributed by atoms with Gasteiger partial charge in [-0.2, -0.15) is 5.26 Å². The van der Waals surface area contributed by atoms with Gasteiger partial charge in [0.15, 0.2) is 0 Å². The van der Waals surface area contributed by atoms with E-state index >= 15 is 0 Å². The molecular weight excluding hydrogens is 482 g/mol. The van der Waals surface area contributed by atoms with Crippen LogP contribution in [0, 0.1) is 16.7 Å². The van der Waals surface area contributed by atoms with Crippen LogP contribution in [-0.2, 0) is 15.0 Å². The fraction of sp³-hybridized carbons (Fsp3) is 0.379. The summed E-state index contributed by atoms with van der Waals surface area (Å²) in [4.78, 5) is 45.1. The number of aromatic nitrogens is 1. The van der Waals surface area contributed by atoms with Crippen molar-refractivity contribution in [3.05, 3.63) is 59.8 Å². The Labute approximate surface area is 221 Å². The highest BCUT2D eigenvalue weighted by Crippen LogP contribution is 2.46. The number of fused-ring (bicyclic) bond motifs is 3. The van der Waals surface area contributed by atoms with Gasteiger partial charge in [-0.1, -0.05) is 45.0 Å². The smallest absolute Gasteiger partial charge is 0.268 e. The van der Waals surface area contributed by atoms with Crippen molar-refractivity contribution in [2.75, 3.05) is 19.0 Å². The van der Waals surface area contributed by atoms with Crippen LogP contribution >= 0.6 is 0 Å². The summed E-state index contributed by atoms with van der Waals surface area (Å²) in [7, 11) is 1.57. The average molecular weight is 514 g/mol. The van der Waals surface area contributed by atoms with Crippen LogP contribution in [0.1, 0.15) is 49.7 Å². The largest absolute Gasteiger partial charge is 0.496 e. The van der Waals surface area contributed by atoms with Crippen LogP contribution in [0.5, 0.6) is 5.75 Å². The number of para-hydroxylation sites is 1. The molecule has 1 aromatic heterocycles. The Morgan fingerprint density at radius 3 is 2.71 bits per heavy atom. The number of aromatic amines is 1. The van der Waals surface area contributed by atoms with Gasteiger partial charge in [0.05, 0.1) is 18.6 Å².